The van der Waals surface area contributed by atoms with Gasteiger partial charge < -0.3 is 20.0 Å². The van der Waals surface area contributed by atoms with Gasteiger partial charge >= 0.3 is 20.1 Å². The third-order valence-corrected chi connectivity index (χ3v) is 9.82. The fourth-order valence-electron chi connectivity index (χ4n) is 6.58. The van der Waals surface area contributed by atoms with E-state index in [0.717, 1.165) is 39.1 Å². The summed E-state index contributed by atoms with van der Waals surface area (Å²) in [6.45, 7) is 14.2. The van der Waals surface area contributed by atoms with Crippen molar-refractivity contribution in [1.29, 1.82) is 0 Å². The molecule has 3 aromatic carbocycles. The zero-order valence-electron chi connectivity index (χ0n) is 30.2. The number of aliphatic hydroxyl groups is 2. The van der Waals surface area contributed by atoms with E-state index in [1.807, 2.05) is 12.1 Å². The Kier molecular flexibility index (Phi) is 15.0. The van der Waals surface area contributed by atoms with Crippen molar-refractivity contribution in [2.45, 2.75) is 105 Å². The monoisotopic (exact) mass is 868 g/mol. The van der Waals surface area contributed by atoms with Crippen LogP contribution in [0.25, 0.3) is 31.6 Å². The van der Waals surface area contributed by atoms with Crippen LogP contribution in [-0.2, 0) is 26.5 Å². The molecule has 0 saturated heterocycles. The van der Waals surface area contributed by atoms with Gasteiger partial charge in [0.2, 0.25) is 0 Å². The minimum atomic E-state index is -0.375. The molecule has 2 aliphatic rings. The standard InChI is InChI=1S/C22H21N2S.C15H18N2.C5H12O2.Ir/c1-13(2)7-16-5-6-18-19(11-16)25-22-20(23-12-24-21(18)22)17-9-14(3)8-15(4)10-17;1-3-7-14(8-4-1)16-11-12-17(13-16)15-9-5-2-6-10-15;1-4(6)3-5(2)7;/h5-6,8-9,11-13H,7H2,1-4H3;1,3-4,7,11-13,15H,2,5-6,9-10H2;4-7H,3H2,1-2H3;/q-1;-2;;+3. The molecule has 0 spiro atoms. The van der Waals surface area contributed by atoms with E-state index < -0.39 is 0 Å². The smallest absolute Gasteiger partial charge is 0.505 e. The number of aryl methyl sites for hydroxylation is 2. The summed E-state index contributed by atoms with van der Waals surface area (Å²) >= 11 is 1.79. The van der Waals surface area contributed by atoms with E-state index in [9.17, 15) is 0 Å². The molecule has 1 saturated carbocycles. The molecule has 3 heterocycles. The average molecular weight is 868 g/mol. The second-order valence-electron chi connectivity index (χ2n) is 13.9. The number of thiophene rings is 1. The third-order valence-electron chi connectivity index (χ3n) is 8.67. The predicted octanol–water partition coefficient (Wildman–Crippen LogP) is 9.79. The van der Waals surface area contributed by atoms with E-state index in [-0.39, 0.29) is 32.3 Å². The number of hydrogen-bond acceptors (Lipinski definition) is 7. The van der Waals surface area contributed by atoms with Crippen molar-refractivity contribution in [1.82, 2.24) is 14.9 Å². The summed E-state index contributed by atoms with van der Waals surface area (Å²) in [4.78, 5) is 13.7. The van der Waals surface area contributed by atoms with E-state index in [1.54, 1.807) is 31.5 Å². The van der Waals surface area contributed by atoms with Crippen LogP contribution in [0, 0.1) is 38.6 Å². The first kappa shape index (κ1) is 39.7. The Morgan fingerprint density at radius 2 is 1.70 bits per heavy atom. The summed E-state index contributed by atoms with van der Waals surface area (Å²) < 4.78 is 2.44. The van der Waals surface area contributed by atoms with Gasteiger partial charge in [-0.25, -0.2) is 4.98 Å². The Bertz CT molecular complexity index is 1790. The number of benzene rings is 3. The SMILES string of the molecule is CC(O)CC(C)O.Cc1[c-]c(-c2ncnc3c2sc2cc(CC(C)C)ccc23)cc(C)c1.[Ir+3].[c-]1ccccc1N1C=CN(C2CCCCC2)[CH-]1. The van der Waals surface area contributed by atoms with Crippen LogP contribution in [-0.4, -0.2) is 43.3 Å². The van der Waals surface area contributed by atoms with Gasteiger partial charge in [-0.3, -0.25) is 4.98 Å². The number of rotatable bonds is 7. The molecule has 266 valence electrons. The van der Waals surface area contributed by atoms with Gasteiger partial charge in [0.15, 0.2) is 0 Å². The molecule has 8 heteroatoms. The molecule has 0 amide bonds. The van der Waals surface area contributed by atoms with E-state index >= 15 is 0 Å². The number of aliphatic hydroxyl groups excluding tert-OH is 2. The molecule has 50 heavy (non-hydrogen) atoms. The molecule has 6 nitrogen and oxygen atoms in total. The molecular formula is C42H51IrN4O2S. The Balaban J connectivity index is 0.000000195. The largest absolute Gasteiger partial charge is 3.00 e. The first-order chi connectivity index (χ1) is 23.6. The Morgan fingerprint density at radius 3 is 2.34 bits per heavy atom. The van der Waals surface area contributed by atoms with Gasteiger partial charge in [-0.1, -0.05) is 59.1 Å². The maximum Gasteiger partial charge on any atom is 3.00 e. The van der Waals surface area contributed by atoms with Crippen LogP contribution in [0.3, 0.4) is 0 Å². The molecule has 1 aliphatic carbocycles. The van der Waals surface area contributed by atoms with Crippen molar-refractivity contribution in [3.63, 3.8) is 0 Å². The first-order valence-electron chi connectivity index (χ1n) is 17.7. The number of anilines is 1. The summed E-state index contributed by atoms with van der Waals surface area (Å²) in [6, 6.07) is 26.6. The van der Waals surface area contributed by atoms with Crippen molar-refractivity contribution in [3.8, 4) is 11.3 Å². The molecule has 1 aliphatic heterocycles. The van der Waals surface area contributed by atoms with Gasteiger partial charge in [-0.15, -0.1) is 51.9 Å². The Hall–Kier alpha value is -3.13. The Labute approximate surface area is 316 Å². The minimum Gasteiger partial charge on any atom is -0.505 e. The molecule has 5 aromatic rings. The summed E-state index contributed by atoms with van der Waals surface area (Å²) in [6.07, 6.45) is 13.6. The van der Waals surface area contributed by atoms with Gasteiger partial charge in [0.1, 0.15) is 6.33 Å². The molecule has 7 rings (SSSR count). The summed E-state index contributed by atoms with van der Waals surface area (Å²) in [5, 5.41) is 18.3. The van der Waals surface area contributed by atoms with E-state index in [1.165, 1.54) is 53.3 Å². The van der Waals surface area contributed by atoms with Gasteiger partial charge in [0, 0.05) is 26.5 Å². The Morgan fingerprint density at radius 1 is 0.940 bits per heavy atom. The summed E-state index contributed by atoms with van der Waals surface area (Å²) in [5.74, 6) is 0.659. The van der Waals surface area contributed by atoms with Gasteiger partial charge in [0.25, 0.3) is 0 Å². The zero-order chi connectivity index (χ0) is 34.9. The summed E-state index contributed by atoms with van der Waals surface area (Å²) in [7, 11) is 0. The summed E-state index contributed by atoms with van der Waals surface area (Å²) in [5.41, 5.74) is 7.97. The molecule has 1 fully saturated rings. The van der Waals surface area contributed by atoms with Crippen LogP contribution in [0.2, 0.25) is 0 Å². The zero-order valence-corrected chi connectivity index (χ0v) is 33.4. The van der Waals surface area contributed by atoms with E-state index in [2.05, 4.69) is 121 Å². The first-order valence-corrected chi connectivity index (χ1v) is 18.5. The molecular weight excluding hydrogens is 817 g/mol. The fourth-order valence-corrected chi connectivity index (χ4v) is 7.80. The molecule has 0 bridgehead atoms. The van der Waals surface area contributed by atoms with Gasteiger partial charge in [0.05, 0.1) is 17.7 Å². The second-order valence-corrected chi connectivity index (χ2v) is 15.0. The fraction of sp³-hybridized carbons (Fsp3) is 0.405. The van der Waals surface area contributed by atoms with Crippen LogP contribution in [0.1, 0.15) is 82.9 Å². The molecule has 2 N–H and O–H groups in total. The van der Waals surface area contributed by atoms with Crippen molar-refractivity contribution in [3.05, 3.63) is 109 Å². The van der Waals surface area contributed by atoms with Crippen molar-refractivity contribution < 1.29 is 30.3 Å². The number of para-hydroxylation sites is 1. The van der Waals surface area contributed by atoms with E-state index in [4.69, 9.17) is 10.2 Å². The van der Waals surface area contributed by atoms with Crippen LogP contribution >= 0.6 is 11.3 Å². The number of nitrogens with zero attached hydrogens (tertiary/aromatic N) is 4. The number of hydrogen-bond donors (Lipinski definition) is 2. The van der Waals surface area contributed by atoms with Crippen LogP contribution in [0.15, 0.2) is 73.3 Å². The number of aromatic nitrogens is 2. The molecule has 2 aromatic heterocycles. The molecule has 0 radical (unpaired) electrons. The van der Waals surface area contributed by atoms with Crippen molar-refractivity contribution >= 4 is 37.3 Å². The molecule has 2 atom stereocenters. The quantitative estimate of drug-likeness (QED) is 0.159. The van der Waals surface area contributed by atoms with Crippen LogP contribution in [0.4, 0.5) is 5.69 Å². The number of fused-ring (bicyclic) bond motifs is 3. The average Bonchev–Trinajstić information content (AvgIpc) is 3.70. The van der Waals surface area contributed by atoms with Crippen LogP contribution in [0.5, 0.6) is 0 Å². The van der Waals surface area contributed by atoms with E-state index in [0.29, 0.717) is 18.4 Å². The maximum atomic E-state index is 8.56. The maximum absolute atomic E-state index is 8.56. The normalized spacial score (nSPS) is 15.7. The van der Waals surface area contributed by atoms with Gasteiger partial charge in [-0.2, -0.15) is 37.0 Å². The predicted molar refractivity (Wildman–Crippen MR) is 205 cm³/mol. The molecule has 2 unspecified atom stereocenters. The minimum absolute atomic E-state index is 0. The van der Waals surface area contributed by atoms with Crippen molar-refractivity contribution in [2.24, 2.45) is 5.92 Å². The third kappa shape index (κ3) is 10.9. The van der Waals surface area contributed by atoms with Crippen molar-refractivity contribution in [2.75, 3.05) is 4.90 Å². The van der Waals surface area contributed by atoms with Crippen LogP contribution < -0.4 is 4.90 Å². The van der Waals surface area contributed by atoms with Gasteiger partial charge in [-0.05, 0) is 69.5 Å². The second kappa shape index (κ2) is 18.9. The topological polar surface area (TPSA) is 72.7 Å².